The first kappa shape index (κ1) is 20.5. The Kier molecular flexibility index (Phi) is 5.89. The van der Waals surface area contributed by atoms with E-state index in [0.29, 0.717) is 13.2 Å². The van der Waals surface area contributed by atoms with E-state index >= 15 is 0 Å². The second kappa shape index (κ2) is 8.03. The quantitative estimate of drug-likeness (QED) is 0.748. The van der Waals surface area contributed by atoms with Gasteiger partial charge in [-0.1, -0.05) is 0 Å². The van der Waals surface area contributed by atoms with Crippen LogP contribution in [0.15, 0.2) is 52.3 Å². The number of benzene rings is 2. The number of nitrogens with one attached hydrogen (secondary N) is 1. The summed E-state index contributed by atoms with van der Waals surface area (Å²) in [5.74, 6) is -0.742. The Morgan fingerprint density at radius 2 is 1.68 bits per heavy atom. The summed E-state index contributed by atoms with van der Waals surface area (Å²) in [5, 5.41) is 0. The van der Waals surface area contributed by atoms with Crippen molar-refractivity contribution in [3.05, 3.63) is 48.3 Å². The van der Waals surface area contributed by atoms with E-state index in [9.17, 15) is 21.2 Å². The van der Waals surface area contributed by atoms with Gasteiger partial charge in [-0.05, 0) is 42.5 Å². The molecule has 1 fully saturated rings. The van der Waals surface area contributed by atoms with Crippen molar-refractivity contribution >= 4 is 25.7 Å². The third-order valence-electron chi connectivity index (χ3n) is 4.13. The monoisotopic (exact) mass is 430 g/mol. The van der Waals surface area contributed by atoms with Crippen LogP contribution in [0.2, 0.25) is 0 Å². The number of rotatable bonds is 6. The van der Waals surface area contributed by atoms with Gasteiger partial charge in [-0.15, -0.1) is 0 Å². The summed E-state index contributed by atoms with van der Waals surface area (Å²) in [6, 6.07) is 8.42. The molecule has 0 bridgehead atoms. The van der Waals surface area contributed by atoms with Crippen LogP contribution in [0.5, 0.6) is 5.75 Å². The number of anilines is 1. The van der Waals surface area contributed by atoms with Crippen LogP contribution < -0.4 is 9.46 Å². The van der Waals surface area contributed by atoms with Gasteiger partial charge in [0.1, 0.15) is 16.5 Å². The standard InChI is InChI=1S/C17H19FN2O6S2/c1-25-16-7-2-13(18)12-17(16)27(21,22)19-14-3-5-15(6-4-14)28(23,24)20-8-10-26-11-9-20/h2-7,12,19H,8-11H2,1H3. The van der Waals surface area contributed by atoms with Gasteiger partial charge in [-0.3, -0.25) is 4.72 Å². The van der Waals surface area contributed by atoms with Gasteiger partial charge in [0, 0.05) is 18.8 Å². The van der Waals surface area contributed by atoms with Gasteiger partial charge in [0.05, 0.1) is 25.2 Å². The highest BCUT2D eigenvalue weighted by Crippen LogP contribution is 2.27. The average Bonchev–Trinajstić information content (AvgIpc) is 2.69. The molecular formula is C17H19FN2O6S2. The molecule has 0 aromatic heterocycles. The molecule has 1 aliphatic heterocycles. The van der Waals surface area contributed by atoms with E-state index in [4.69, 9.17) is 9.47 Å². The fourth-order valence-corrected chi connectivity index (χ4v) is 5.35. The maximum atomic E-state index is 13.5. The van der Waals surface area contributed by atoms with Gasteiger partial charge in [-0.2, -0.15) is 4.31 Å². The van der Waals surface area contributed by atoms with Gasteiger partial charge >= 0.3 is 0 Å². The van der Waals surface area contributed by atoms with E-state index in [1.54, 1.807) is 0 Å². The van der Waals surface area contributed by atoms with Crippen LogP contribution >= 0.6 is 0 Å². The van der Waals surface area contributed by atoms with Crippen molar-refractivity contribution in [2.45, 2.75) is 9.79 Å². The molecule has 152 valence electrons. The van der Waals surface area contributed by atoms with Crippen molar-refractivity contribution in [3.63, 3.8) is 0 Å². The van der Waals surface area contributed by atoms with Crippen LogP contribution in [0, 0.1) is 5.82 Å². The highest BCUT2D eigenvalue weighted by atomic mass is 32.2. The lowest BCUT2D eigenvalue weighted by Crippen LogP contribution is -2.40. The Bertz CT molecular complexity index is 1050. The topological polar surface area (TPSA) is 102 Å². The number of hydrogen-bond acceptors (Lipinski definition) is 6. The molecule has 1 saturated heterocycles. The van der Waals surface area contributed by atoms with Crippen LogP contribution in [0.4, 0.5) is 10.1 Å². The predicted octanol–water partition coefficient (Wildman–Crippen LogP) is 1.66. The molecule has 2 aromatic rings. The minimum atomic E-state index is -4.14. The first-order valence-electron chi connectivity index (χ1n) is 8.28. The highest BCUT2D eigenvalue weighted by molar-refractivity contribution is 7.92. The van der Waals surface area contributed by atoms with Gasteiger partial charge in [0.25, 0.3) is 10.0 Å². The maximum absolute atomic E-state index is 13.5. The Labute approximate surface area is 163 Å². The zero-order chi connectivity index (χ0) is 20.4. The van der Waals surface area contributed by atoms with Crippen molar-refractivity contribution < 1.29 is 30.7 Å². The molecule has 1 aliphatic rings. The maximum Gasteiger partial charge on any atom is 0.265 e. The molecule has 2 aromatic carbocycles. The Balaban J connectivity index is 1.83. The molecule has 1 N–H and O–H groups in total. The summed E-state index contributed by atoms with van der Waals surface area (Å²) >= 11 is 0. The second-order valence-corrected chi connectivity index (χ2v) is 9.53. The number of methoxy groups -OCH3 is 1. The Morgan fingerprint density at radius 1 is 1.04 bits per heavy atom. The third-order valence-corrected chi connectivity index (χ3v) is 7.44. The molecule has 28 heavy (non-hydrogen) atoms. The molecule has 0 spiro atoms. The van der Waals surface area contributed by atoms with Crippen LogP contribution in [-0.2, 0) is 24.8 Å². The van der Waals surface area contributed by atoms with E-state index in [2.05, 4.69) is 4.72 Å². The first-order valence-corrected chi connectivity index (χ1v) is 11.2. The summed E-state index contributed by atoms with van der Waals surface area (Å²) in [6.45, 7) is 1.17. The number of ether oxygens (including phenoxy) is 2. The van der Waals surface area contributed by atoms with Crippen LogP contribution in [-0.4, -0.2) is 54.6 Å². The summed E-state index contributed by atoms with van der Waals surface area (Å²) in [4.78, 5) is -0.319. The number of halogens is 1. The van der Waals surface area contributed by atoms with Crippen LogP contribution in [0.25, 0.3) is 0 Å². The van der Waals surface area contributed by atoms with Crippen molar-refractivity contribution in [1.82, 2.24) is 4.31 Å². The summed E-state index contributed by atoms with van der Waals surface area (Å²) in [7, 11) is -6.55. The summed E-state index contributed by atoms with van der Waals surface area (Å²) in [6.07, 6.45) is 0. The molecule has 0 radical (unpaired) electrons. The molecule has 8 nitrogen and oxygen atoms in total. The number of sulfonamides is 2. The van der Waals surface area contributed by atoms with Crippen LogP contribution in [0.3, 0.4) is 0 Å². The summed E-state index contributed by atoms with van der Waals surface area (Å²) < 4.78 is 77.5. The molecule has 0 aliphatic carbocycles. The molecule has 3 rings (SSSR count). The first-order chi connectivity index (χ1) is 13.2. The van der Waals surface area contributed by atoms with E-state index in [-0.39, 0.29) is 34.3 Å². The smallest absolute Gasteiger partial charge is 0.265 e. The molecule has 0 amide bonds. The Morgan fingerprint density at radius 3 is 2.29 bits per heavy atom. The van der Waals surface area contributed by atoms with Gasteiger partial charge < -0.3 is 9.47 Å². The molecule has 11 heteroatoms. The zero-order valence-electron chi connectivity index (χ0n) is 15.0. The molecule has 0 saturated carbocycles. The minimum Gasteiger partial charge on any atom is -0.495 e. The second-order valence-electron chi connectivity index (χ2n) is 5.94. The SMILES string of the molecule is COc1ccc(F)cc1S(=O)(=O)Nc1ccc(S(=O)(=O)N2CCOCC2)cc1. The van der Waals surface area contributed by atoms with Gasteiger partial charge in [0.2, 0.25) is 10.0 Å². The van der Waals surface area contributed by atoms with Gasteiger partial charge in [0.15, 0.2) is 0 Å². The summed E-state index contributed by atoms with van der Waals surface area (Å²) in [5.41, 5.74) is 0.132. The van der Waals surface area contributed by atoms with E-state index in [1.165, 1.54) is 41.7 Å². The molecule has 0 atom stereocenters. The highest BCUT2D eigenvalue weighted by Gasteiger charge is 2.26. The van der Waals surface area contributed by atoms with Crippen molar-refractivity contribution in [2.75, 3.05) is 38.1 Å². The van der Waals surface area contributed by atoms with Crippen molar-refractivity contribution in [1.29, 1.82) is 0 Å². The largest absolute Gasteiger partial charge is 0.495 e. The lowest BCUT2D eigenvalue weighted by atomic mass is 10.3. The number of nitrogens with zero attached hydrogens (tertiary/aromatic N) is 1. The Hall–Kier alpha value is -2.21. The normalized spacial score (nSPS) is 15.9. The average molecular weight is 430 g/mol. The molecule has 1 heterocycles. The third kappa shape index (κ3) is 4.27. The van der Waals surface area contributed by atoms with E-state index in [0.717, 1.165) is 12.1 Å². The fraction of sp³-hybridized carbons (Fsp3) is 0.294. The van der Waals surface area contributed by atoms with Crippen molar-refractivity contribution in [3.8, 4) is 5.75 Å². The van der Waals surface area contributed by atoms with E-state index in [1.807, 2.05) is 0 Å². The van der Waals surface area contributed by atoms with E-state index < -0.39 is 25.9 Å². The number of morpholine rings is 1. The van der Waals surface area contributed by atoms with Crippen LogP contribution in [0.1, 0.15) is 0 Å². The minimum absolute atomic E-state index is 0.0135. The predicted molar refractivity (Wildman–Crippen MR) is 99.8 cm³/mol. The number of hydrogen-bond donors (Lipinski definition) is 1. The lowest BCUT2D eigenvalue weighted by Gasteiger charge is -2.26. The zero-order valence-corrected chi connectivity index (χ0v) is 16.6. The molecule has 0 unspecified atom stereocenters. The van der Waals surface area contributed by atoms with Crippen molar-refractivity contribution in [2.24, 2.45) is 0 Å². The van der Waals surface area contributed by atoms with Gasteiger partial charge in [-0.25, -0.2) is 21.2 Å². The lowest BCUT2D eigenvalue weighted by molar-refractivity contribution is 0.0730. The molecular weight excluding hydrogens is 411 g/mol. The fourth-order valence-electron chi connectivity index (χ4n) is 2.70.